The van der Waals surface area contributed by atoms with Gasteiger partial charge in [0.05, 0.1) is 16.5 Å². The Bertz CT molecular complexity index is 1050. The predicted molar refractivity (Wildman–Crippen MR) is 119 cm³/mol. The minimum absolute atomic E-state index is 0.00322. The molecule has 3 rings (SSSR count). The van der Waals surface area contributed by atoms with Gasteiger partial charge in [-0.3, -0.25) is 4.79 Å². The van der Waals surface area contributed by atoms with Crippen LogP contribution in [0.15, 0.2) is 59.5 Å². The van der Waals surface area contributed by atoms with E-state index in [4.69, 9.17) is 0 Å². The van der Waals surface area contributed by atoms with Gasteiger partial charge in [0.2, 0.25) is 15.9 Å². The number of nitrogens with zero attached hydrogens (tertiary/aromatic N) is 2. The molecule has 10 heteroatoms. The molecule has 33 heavy (non-hydrogen) atoms. The molecule has 1 heterocycles. The number of rotatable bonds is 7. The van der Waals surface area contributed by atoms with Crippen LogP contribution in [0.5, 0.6) is 0 Å². The predicted octanol–water partition coefficient (Wildman–Crippen LogP) is 3.53. The second-order valence-electron chi connectivity index (χ2n) is 8.34. The Kier molecular flexibility index (Phi) is 7.81. The summed E-state index contributed by atoms with van der Waals surface area (Å²) in [5, 5.41) is 2.97. The molecule has 0 unspecified atom stereocenters. The van der Waals surface area contributed by atoms with Crippen molar-refractivity contribution in [2.45, 2.75) is 30.0 Å². The third-order valence-electron chi connectivity index (χ3n) is 5.90. The van der Waals surface area contributed by atoms with Crippen molar-refractivity contribution in [2.75, 3.05) is 33.7 Å². The zero-order valence-electron chi connectivity index (χ0n) is 18.5. The molecule has 1 amide bonds. The molecule has 1 aliphatic rings. The number of hydrogen-bond acceptors (Lipinski definition) is 4. The smallest absolute Gasteiger partial charge is 0.354 e. The third kappa shape index (κ3) is 6.13. The highest BCUT2D eigenvalue weighted by Gasteiger charge is 2.35. The van der Waals surface area contributed by atoms with Gasteiger partial charge >= 0.3 is 6.18 Å². The average Bonchev–Trinajstić information content (AvgIpc) is 2.79. The Labute approximate surface area is 192 Å². The van der Waals surface area contributed by atoms with E-state index in [1.54, 1.807) is 0 Å². The van der Waals surface area contributed by atoms with Crippen LogP contribution >= 0.6 is 0 Å². The number of halogens is 3. The molecule has 0 bridgehead atoms. The van der Waals surface area contributed by atoms with Gasteiger partial charge in [0.25, 0.3) is 0 Å². The molecule has 1 N–H and O–H groups in total. The van der Waals surface area contributed by atoms with Crippen molar-refractivity contribution in [1.82, 2.24) is 14.5 Å². The summed E-state index contributed by atoms with van der Waals surface area (Å²) in [6.45, 7) is 0.567. The maximum atomic E-state index is 13.0. The van der Waals surface area contributed by atoms with Crippen molar-refractivity contribution in [3.63, 3.8) is 0 Å². The standard InChI is InChI=1S/C23H28F3N3O3S/c1-28(2)21(17-7-4-3-5-8-17)16-27-22(30)18-11-13-29(14-12-18)33(31,32)20-10-6-9-19(15-20)23(24,25)26/h3-10,15,18,21H,11-14,16H2,1-2H3,(H,27,30)/t21-/m1/s1. The number of amides is 1. The van der Waals surface area contributed by atoms with Crippen LogP contribution in [0.3, 0.4) is 0 Å². The molecule has 6 nitrogen and oxygen atoms in total. The van der Waals surface area contributed by atoms with Crippen LogP contribution in [0, 0.1) is 5.92 Å². The first kappa shape index (κ1) is 25.2. The maximum Gasteiger partial charge on any atom is 0.416 e. The molecule has 0 saturated carbocycles. The lowest BCUT2D eigenvalue weighted by atomic mass is 9.97. The average molecular weight is 484 g/mol. The van der Waals surface area contributed by atoms with Crippen LogP contribution < -0.4 is 5.32 Å². The van der Waals surface area contributed by atoms with E-state index < -0.39 is 26.7 Å². The van der Waals surface area contributed by atoms with Gasteiger partial charge in [-0.25, -0.2) is 8.42 Å². The summed E-state index contributed by atoms with van der Waals surface area (Å²) in [6, 6.07) is 13.5. The summed E-state index contributed by atoms with van der Waals surface area (Å²) in [4.78, 5) is 14.3. The van der Waals surface area contributed by atoms with Gasteiger partial charge in [-0.15, -0.1) is 0 Å². The number of nitrogens with one attached hydrogen (secondary N) is 1. The topological polar surface area (TPSA) is 69.7 Å². The third-order valence-corrected chi connectivity index (χ3v) is 7.80. The first-order valence-corrected chi connectivity index (χ1v) is 12.1. The van der Waals surface area contributed by atoms with E-state index in [1.165, 1.54) is 0 Å². The van der Waals surface area contributed by atoms with E-state index in [2.05, 4.69) is 5.32 Å². The molecule has 1 fully saturated rings. The molecule has 0 aromatic heterocycles. The lowest BCUT2D eigenvalue weighted by Crippen LogP contribution is -2.44. The minimum atomic E-state index is -4.62. The second-order valence-corrected chi connectivity index (χ2v) is 10.3. The SMILES string of the molecule is CN(C)[C@H](CNC(=O)C1CCN(S(=O)(=O)c2cccc(C(F)(F)F)c2)CC1)c1ccccc1. The molecule has 0 radical (unpaired) electrons. The molecular formula is C23H28F3N3O3S. The van der Waals surface area contributed by atoms with Crippen LogP contribution in [0.25, 0.3) is 0 Å². The largest absolute Gasteiger partial charge is 0.416 e. The number of sulfonamides is 1. The number of carbonyl (C=O) groups is 1. The van der Waals surface area contributed by atoms with E-state index in [-0.39, 0.29) is 31.0 Å². The van der Waals surface area contributed by atoms with Crippen LogP contribution in [0.1, 0.15) is 30.0 Å². The Morgan fingerprint density at radius 2 is 1.73 bits per heavy atom. The first-order chi connectivity index (χ1) is 15.5. The molecule has 0 aliphatic carbocycles. The van der Waals surface area contributed by atoms with Crippen molar-refractivity contribution < 1.29 is 26.4 Å². The Hall–Kier alpha value is -2.43. The van der Waals surface area contributed by atoms with Gasteiger partial charge in [0.15, 0.2) is 0 Å². The number of benzene rings is 2. The van der Waals surface area contributed by atoms with E-state index >= 15 is 0 Å². The second kappa shape index (κ2) is 10.2. The zero-order chi connectivity index (χ0) is 24.2. The van der Waals surface area contributed by atoms with Gasteiger partial charge in [-0.2, -0.15) is 17.5 Å². The highest BCUT2D eigenvalue weighted by molar-refractivity contribution is 7.89. The highest BCUT2D eigenvalue weighted by atomic mass is 32.2. The van der Waals surface area contributed by atoms with Gasteiger partial charge in [-0.1, -0.05) is 36.4 Å². The lowest BCUT2D eigenvalue weighted by Gasteiger charge is -2.31. The molecule has 180 valence electrons. The summed E-state index contributed by atoms with van der Waals surface area (Å²) < 4.78 is 65.7. The van der Waals surface area contributed by atoms with Crippen LogP contribution in [-0.2, 0) is 21.0 Å². The summed E-state index contributed by atoms with van der Waals surface area (Å²) >= 11 is 0. The molecular weight excluding hydrogens is 455 g/mol. The fraction of sp³-hybridized carbons (Fsp3) is 0.435. The zero-order valence-corrected chi connectivity index (χ0v) is 19.4. The summed E-state index contributed by atoms with van der Waals surface area (Å²) in [7, 11) is -0.209. The number of carbonyl (C=O) groups excluding carboxylic acids is 1. The monoisotopic (exact) mass is 483 g/mol. The Morgan fingerprint density at radius 3 is 2.30 bits per heavy atom. The quantitative estimate of drug-likeness (QED) is 0.654. The van der Waals surface area contributed by atoms with Gasteiger partial charge in [0.1, 0.15) is 0 Å². The molecule has 0 spiro atoms. The number of likely N-dealkylation sites (N-methyl/N-ethyl adjacent to an activating group) is 1. The number of hydrogen-bond donors (Lipinski definition) is 1. The van der Waals surface area contributed by atoms with Crippen LogP contribution in [0.4, 0.5) is 13.2 Å². The van der Waals surface area contributed by atoms with E-state index in [0.717, 1.165) is 28.1 Å². The fourth-order valence-electron chi connectivity index (χ4n) is 3.96. The minimum Gasteiger partial charge on any atom is -0.354 e. The maximum absolute atomic E-state index is 13.0. The number of piperidine rings is 1. The van der Waals surface area contributed by atoms with Gasteiger partial charge in [-0.05, 0) is 50.7 Å². The van der Waals surface area contributed by atoms with Crippen molar-refractivity contribution >= 4 is 15.9 Å². The fourth-order valence-corrected chi connectivity index (χ4v) is 5.47. The van der Waals surface area contributed by atoms with E-state index in [9.17, 15) is 26.4 Å². The Balaban J connectivity index is 1.59. The van der Waals surface area contributed by atoms with Crippen molar-refractivity contribution in [2.24, 2.45) is 5.92 Å². The normalized spacial score (nSPS) is 17.2. The van der Waals surface area contributed by atoms with E-state index in [0.29, 0.717) is 25.5 Å². The summed E-state index contributed by atoms with van der Waals surface area (Å²) in [6.07, 6.45) is -4.01. The van der Waals surface area contributed by atoms with Crippen LogP contribution in [-0.4, -0.2) is 57.3 Å². The lowest BCUT2D eigenvalue weighted by molar-refractivity contribution is -0.137. The van der Waals surface area contributed by atoms with Crippen molar-refractivity contribution in [3.8, 4) is 0 Å². The molecule has 1 saturated heterocycles. The first-order valence-electron chi connectivity index (χ1n) is 10.7. The van der Waals surface area contributed by atoms with Crippen molar-refractivity contribution in [3.05, 3.63) is 65.7 Å². The molecule has 1 atom stereocenters. The Morgan fingerprint density at radius 1 is 1.09 bits per heavy atom. The van der Waals surface area contributed by atoms with Crippen molar-refractivity contribution in [1.29, 1.82) is 0 Å². The van der Waals surface area contributed by atoms with Crippen LogP contribution in [0.2, 0.25) is 0 Å². The van der Waals surface area contributed by atoms with Gasteiger partial charge in [0, 0.05) is 25.6 Å². The summed E-state index contributed by atoms with van der Waals surface area (Å²) in [5.41, 5.74) is 0.0662. The summed E-state index contributed by atoms with van der Waals surface area (Å²) in [5.74, 6) is -0.495. The number of alkyl halides is 3. The molecule has 1 aliphatic heterocycles. The molecule has 2 aromatic carbocycles. The van der Waals surface area contributed by atoms with Gasteiger partial charge < -0.3 is 10.2 Å². The molecule has 2 aromatic rings. The van der Waals surface area contributed by atoms with E-state index in [1.807, 2.05) is 49.3 Å². The highest BCUT2D eigenvalue weighted by Crippen LogP contribution is 2.32.